The van der Waals surface area contributed by atoms with Gasteiger partial charge < -0.3 is 14.2 Å². The molecule has 0 aliphatic carbocycles. The molecule has 0 unspecified atom stereocenters. The Bertz CT molecular complexity index is 1070. The number of aromatic nitrogens is 2. The van der Waals surface area contributed by atoms with E-state index in [1.165, 1.54) is 31.9 Å². The lowest BCUT2D eigenvalue weighted by Gasteiger charge is -2.10. The van der Waals surface area contributed by atoms with Gasteiger partial charge >= 0.3 is 5.97 Å². The second kappa shape index (κ2) is 10.5. The van der Waals surface area contributed by atoms with Gasteiger partial charge in [-0.2, -0.15) is 5.10 Å². The second-order valence-corrected chi connectivity index (χ2v) is 6.05. The first kappa shape index (κ1) is 21.4. The minimum atomic E-state index is -0.529. The van der Waals surface area contributed by atoms with Gasteiger partial charge in [-0.15, -0.1) is 0 Å². The van der Waals surface area contributed by atoms with Crippen molar-refractivity contribution in [1.82, 2.24) is 15.4 Å². The normalized spacial score (nSPS) is 10.5. The van der Waals surface area contributed by atoms with E-state index < -0.39 is 11.9 Å². The van der Waals surface area contributed by atoms with Crippen LogP contribution >= 0.6 is 0 Å². The smallest absolute Gasteiger partial charge is 0.343 e. The molecule has 1 N–H and O–H groups in total. The zero-order valence-corrected chi connectivity index (χ0v) is 16.9. The van der Waals surface area contributed by atoms with Crippen molar-refractivity contribution in [3.05, 3.63) is 77.9 Å². The maximum Gasteiger partial charge on any atom is 0.343 e. The van der Waals surface area contributed by atoms with Crippen molar-refractivity contribution in [1.29, 1.82) is 0 Å². The Morgan fingerprint density at radius 1 is 1.10 bits per heavy atom. The average Bonchev–Trinajstić information content (AvgIpc) is 2.81. The molecule has 0 aliphatic rings. The molecular formula is C22H20N4O5. The molecule has 0 saturated heterocycles. The molecule has 0 saturated carbocycles. The maximum atomic E-state index is 12.4. The van der Waals surface area contributed by atoms with E-state index in [1.807, 2.05) is 6.92 Å². The molecule has 3 rings (SSSR count). The number of amides is 1. The first-order chi connectivity index (χ1) is 15.1. The van der Waals surface area contributed by atoms with E-state index in [0.29, 0.717) is 29.2 Å². The Morgan fingerprint density at radius 3 is 2.58 bits per heavy atom. The highest BCUT2D eigenvalue weighted by Gasteiger charge is 2.13. The van der Waals surface area contributed by atoms with E-state index in [1.54, 1.807) is 42.5 Å². The summed E-state index contributed by atoms with van der Waals surface area (Å²) in [6.45, 7) is 2.43. The van der Waals surface area contributed by atoms with E-state index >= 15 is 0 Å². The largest absolute Gasteiger partial charge is 0.494 e. The SMILES string of the molecule is CCOc1ccc(C(=O)Oc2ccc(/C=N\NC(=O)c3cnccn3)cc2OC)cc1. The molecule has 31 heavy (non-hydrogen) atoms. The Balaban J connectivity index is 1.65. The van der Waals surface area contributed by atoms with Crippen LogP contribution in [-0.4, -0.2) is 41.8 Å². The van der Waals surface area contributed by atoms with E-state index in [-0.39, 0.29) is 11.4 Å². The molecule has 0 bridgehead atoms. The second-order valence-electron chi connectivity index (χ2n) is 6.05. The third-order valence-corrected chi connectivity index (χ3v) is 3.97. The number of methoxy groups -OCH3 is 1. The Kier molecular flexibility index (Phi) is 7.26. The van der Waals surface area contributed by atoms with Gasteiger partial charge in [0.15, 0.2) is 11.5 Å². The van der Waals surface area contributed by atoms with Gasteiger partial charge in [0.1, 0.15) is 11.4 Å². The fraction of sp³-hybridized carbons (Fsp3) is 0.136. The van der Waals surface area contributed by atoms with Crippen LogP contribution < -0.4 is 19.6 Å². The predicted octanol–water partition coefficient (Wildman–Crippen LogP) is 2.87. The van der Waals surface area contributed by atoms with E-state index in [2.05, 4.69) is 20.5 Å². The number of esters is 1. The molecule has 9 heteroatoms. The average molecular weight is 420 g/mol. The molecule has 0 atom stereocenters. The van der Waals surface area contributed by atoms with Crippen molar-refractivity contribution in [2.24, 2.45) is 5.10 Å². The molecule has 9 nitrogen and oxygen atoms in total. The zero-order valence-electron chi connectivity index (χ0n) is 16.9. The number of benzene rings is 2. The van der Waals surface area contributed by atoms with Crippen molar-refractivity contribution in [2.75, 3.05) is 13.7 Å². The summed E-state index contributed by atoms with van der Waals surface area (Å²) in [6.07, 6.45) is 5.64. The topological polar surface area (TPSA) is 112 Å². The standard InChI is InChI=1S/C22H20N4O5/c1-3-30-17-7-5-16(6-8-17)22(28)31-19-9-4-15(12-20(19)29-2)13-25-26-21(27)18-14-23-10-11-24-18/h4-14H,3H2,1-2H3,(H,26,27)/b25-13-. The molecule has 1 heterocycles. The van der Waals surface area contributed by atoms with Crippen LogP contribution in [0.3, 0.4) is 0 Å². The van der Waals surface area contributed by atoms with E-state index in [4.69, 9.17) is 14.2 Å². The highest BCUT2D eigenvalue weighted by atomic mass is 16.6. The highest BCUT2D eigenvalue weighted by Crippen LogP contribution is 2.28. The van der Waals surface area contributed by atoms with Crippen molar-refractivity contribution in [2.45, 2.75) is 6.92 Å². The summed E-state index contributed by atoms with van der Waals surface area (Å²) in [5, 5.41) is 3.89. The molecule has 1 aromatic heterocycles. The first-order valence-corrected chi connectivity index (χ1v) is 9.33. The summed E-state index contributed by atoms with van der Waals surface area (Å²) in [7, 11) is 1.46. The third-order valence-electron chi connectivity index (χ3n) is 3.97. The molecule has 3 aromatic rings. The van der Waals surface area contributed by atoms with Crippen LogP contribution in [0.15, 0.2) is 66.2 Å². The van der Waals surface area contributed by atoms with Gasteiger partial charge in [0.25, 0.3) is 5.91 Å². The van der Waals surface area contributed by atoms with Gasteiger partial charge in [-0.1, -0.05) is 0 Å². The fourth-order valence-electron chi connectivity index (χ4n) is 2.50. The maximum absolute atomic E-state index is 12.4. The van der Waals surface area contributed by atoms with Gasteiger partial charge in [-0.05, 0) is 55.0 Å². The molecule has 1 amide bonds. The van der Waals surface area contributed by atoms with Gasteiger partial charge in [0, 0.05) is 12.4 Å². The summed E-state index contributed by atoms with van der Waals surface area (Å²) < 4.78 is 16.1. The number of ether oxygens (including phenoxy) is 3. The lowest BCUT2D eigenvalue weighted by atomic mass is 10.2. The Hall–Kier alpha value is -4.27. The molecule has 0 spiro atoms. The number of rotatable bonds is 8. The number of hydrogen-bond acceptors (Lipinski definition) is 8. The van der Waals surface area contributed by atoms with E-state index in [0.717, 1.165) is 0 Å². The molecule has 0 radical (unpaired) electrons. The summed E-state index contributed by atoms with van der Waals surface area (Å²) in [5.74, 6) is 0.244. The number of carbonyl (C=O) groups excluding carboxylic acids is 2. The van der Waals surface area contributed by atoms with Gasteiger partial charge in [-0.25, -0.2) is 15.2 Å². The molecule has 0 fully saturated rings. The lowest BCUT2D eigenvalue weighted by molar-refractivity contribution is 0.0729. The summed E-state index contributed by atoms with van der Waals surface area (Å²) in [6, 6.07) is 11.5. The molecule has 0 aliphatic heterocycles. The number of hydrazone groups is 1. The van der Waals surface area contributed by atoms with Gasteiger partial charge in [0.2, 0.25) is 0 Å². The zero-order chi connectivity index (χ0) is 22.1. The van der Waals surface area contributed by atoms with Gasteiger partial charge in [-0.3, -0.25) is 9.78 Å². The molecular weight excluding hydrogens is 400 g/mol. The predicted molar refractivity (Wildman–Crippen MR) is 113 cm³/mol. The number of carbonyl (C=O) groups is 2. The van der Waals surface area contributed by atoms with E-state index in [9.17, 15) is 9.59 Å². The van der Waals surface area contributed by atoms with Crippen molar-refractivity contribution < 1.29 is 23.8 Å². The molecule has 2 aromatic carbocycles. The van der Waals surface area contributed by atoms with Crippen LogP contribution in [-0.2, 0) is 0 Å². The van der Waals surface area contributed by atoms with Crippen LogP contribution in [0.1, 0.15) is 33.3 Å². The number of nitrogens with zero attached hydrogens (tertiary/aromatic N) is 3. The summed E-state index contributed by atoms with van der Waals surface area (Å²) >= 11 is 0. The Labute approximate surface area is 178 Å². The van der Waals surface area contributed by atoms with Gasteiger partial charge in [0.05, 0.1) is 31.7 Å². The van der Waals surface area contributed by atoms with Crippen LogP contribution in [0.2, 0.25) is 0 Å². The van der Waals surface area contributed by atoms with Crippen molar-refractivity contribution in [3.8, 4) is 17.2 Å². The quantitative estimate of drug-likeness (QED) is 0.258. The first-order valence-electron chi connectivity index (χ1n) is 9.33. The molecule has 158 valence electrons. The summed E-state index contributed by atoms with van der Waals surface area (Å²) in [4.78, 5) is 32.0. The Morgan fingerprint density at radius 2 is 1.90 bits per heavy atom. The van der Waals surface area contributed by atoms with Crippen LogP contribution in [0.5, 0.6) is 17.2 Å². The third kappa shape index (κ3) is 5.86. The fourth-order valence-corrected chi connectivity index (χ4v) is 2.50. The lowest BCUT2D eigenvalue weighted by Crippen LogP contribution is -2.19. The van der Waals surface area contributed by atoms with Crippen LogP contribution in [0.25, 0.3) is 0 Å². The monoisotopic (exact) mass is 420 g/mol. The summed E-state index contributed by atoms with van der Waals surface area (Å²) in [5.41, 5.74) is 3.51. The number of hydrogen-bond donors (Lipinski definition) is 1. The van der Waals surface area contributed by atoms with Crippen LogP contribution in [0.4, 0.5) is 0 Å². The minimum absolute atomic E-state index is 0.147. The number of nitrogens with one attached hydrogen (secondary N) is 1. The van der Waals surface area contributed by atoms with Crippen molar-refractivity contribution in [3.63, 3.8) is 0 Å². The van der Waals surface area contributed by atoms with Crippen LogP contribution in [0, 0.1) is 0 Å². The highest BCUT2D eigenvalue weighted by molar-refractivity contribution is 5.93. The minimum Gasteiger partial charge on any atom is -0.494 e. The van der Waals surface area contributed by atoms with Crippen molar-refractivity contribution >= 4 is 18.1 Å².